The standard InChI is InChI=1S/C21H22N4O/c1-4-8-25-15(2)9-19(16(25)3)11-20(13-23)21(26)24-14-18-7-5-6-17(10-18)12-22/h5-7,9-11H,4,8,14H2,1-3H3,(H,24,26)/b20-11+. The SMILES string of the molecule is CCCn1c(C)cc(/C=C(\C#N)C(=O)NCc2cccc(C#N)c2)c1C. The van der Waals surface area contributed by atoms with Gasteiger partial charge in [-0.1, -0.05) is 19.1 Å². The Morgan fingerprint density at radius 2 is 2.04 bits per heavy atom. The molecule has 5 nitrogen and oxygen atoms in total. The molecule has 0 atom stereocenters. The highest BCUT2D eigenvalue weighted by molar-refractivity contribution is 6.01. The van der Waals surface area contributed by atoms with Gasteiger partial charge in [0, 0.05) is 24.5 Å². The molecule has 0 unspecified atom stereocenters. The normalized spacial score (nSPS) is 10.9. The fraction of sp³-hybridized carbons (Fsp3) is 0.286. The number of aryl methyl sites for hydroxylation is 1. The quantitative estimate of drug-likeness (QED) is 0.641. The Morgan fingerprint density at radius 3 is 2.69 bits per heavy atom. The van der Waals surface area contributed by atoms with Gasteiger partial charge in [-0.3, -0.25) is 4.79 Å². The predicted molar refractivity (Wildman–Crippen MR) is 101 cm³/mol. The van der Waals surface area contributed by atoms with Crippen LogP contribution in [0.3, 0.4) is 0 Å². The van der Waals surface area contributed by atoms with Gasteiger partial charge in [-0.15, -0.1) is 0 Å². The molecular formula is C21H22N4O. The molecule has 1 heterocycles. The van der Waals surface area contributed by atoms with Crippen LogP contribution in [0.25, 0.3) is 6.08 Å². The van der Waals surface area contributed by atoms with E-state index >= 15 is 0 Å². The first-order chi connectivity index (χ1) is 12.5. The van der Waals surface area contributed by atoms with Crippen molar-refractivity contribution in [3.05, 3.63) is 64.0 Å². The second-order valence-electron chi connectivity index (χ2n) is 6.14. The lowest BCUT2D eigenvalue weighted by atomic mass is 10.1. The molecule has 0 radical (unpaired) electrons. The van der Waals surface area contributed by atoms with Crippen molar-refractivity contribution in [1.82, 2.24) is 9.88 Å². The Kier molecular flexibility index (Phi) is 6.36. The molecule has 5 heteroatoms. The zero-order valence-corrected chi connectivity index (χ0v) is 15.3. The third-order valence-corrected chi connectivity index (χ3v) is 4.23. The van der Waals surface area contributed by atoms with Gasteiger partial charge in [-0.25, -0.2) is 0 Å². The van der Waals surface area contributed by atoms with Crippen LogP contribution in [-0.4, -0.2) is 10.5 Å². The summed E-state index contributed by atoms with van der Waals surface area (Å²) in [5, 5.41) is 21.0. The number of aromatic nitrogens is 1. The minimum atomic E-state index is -0.421. The van der Waals surface area contributed by atoms with Crippen LogP contribution in [-0.2, 0) is 17.9 Å². The Morgan fingerprint density at radius 1 is 1.27 bits per heavy atom. The van der Waals surface area contributed by atoms with E-state index in [0.29, 0.717) is 5.56 Å². The van der Waals surface area contributed by atoms with E-state index in [4.69, 9.17) is 5.26 Å². The summed E-state index contributed by atoms with van der Waals surface area (Å²) in [4.78, 5) is 12.4. The first-order valence-corrected chi connectivity index (χ1v) is 8.56. The molecule has 0 spiro atoms. The summed E-state index contributed by atoms with van der Waals surface area (Å²) in [6.07, 6.45) is 2.66. The zero-order valence-electron chi connectivity index (χ0n) is 15.3. The maximum atomic E-state index is 12.4. The van der Waals surface area contributed by atoms with Crippen molar-refractivity contribution >= 4 is 12.0 Å². The highest BCUT2D eigenvalue weighted by atomic mass is 16.1. The smallest absolute Gasteiger partial charge is 0.262 e. The summed E-state index contributed by atoms with van der Waals surface area (Å²) in [6, 6.07) is 13.1. The summed E-state index contributed by atoms with van der Waals surface area (Å²) in [6.45, 7) is 7.31. The number of carbonyl (C=O) groups excluding carboxylic acids is 1. The van der Waals surface area contributed by atoms with Gasteiger partial charge in [-0.2, -0.15) is 10.5 Å². The zero-order chi connectivity index (χ0) is 19.1. The monoisotopic (exact) mass is 346 g/mol. The molecule has 0 saturated heterocycles. The third kappa shape index (κ3) is 4.40. The molecule has 132 valence electrons. The Balaban J connectivity index is 2.16. The number of nitrogens with zero attached hydrogens (tertiary/aromatic N) is 3. The lowest BCUT2D eigenvalue weighted by Crippen LogP contribution is -2.24. The number of hydrogen-bond donors (Lipinski definition) is 1. The van der Waals surface area contributed by atoms with Crippen molar-refractivity contribution < 1.29 is 4.79 Å². The number of carbonyl (C=O) groups is 1. The second kappa shape index (κ2) is 8.69. The van der Waals surface area contributed by atoms with Crippen LogP contribution < -0.4 is 5.32 Å². The number of benzene rings is 1. The van der Waals surface area contributed by atoms with E-state index in [1.165, 1.54) is 0 Å². The van der Waals surface area contributed by atoms with E-state index < -0.39 is 5.91 Å². The van der Waals surface area contributed by atoms with E-state index in [-0.39, 0.29) is 12.1 Å². The summed E-state index contributed by atoms with van der Waals surface area (Å²) in [7, 11) is 0. The van der Waals surface area contributed by atoms with Crippen molar-refractivity contribution in [2.24, 2.45) is 0 Å². The molecule has 2 aromatic rings. The van der Waals surface area contributed by atoms with Crippen LogP contribution >= 0.6 is 0 Å². The summed E-state index contributed by atoms with van der Waals surface area (Å²) < 4.78 is 2.19. The molecule has 0 aliphatic heterocycles. The number of nitrogens with one attached hydrogen (secondary N) is 1. The van der Waals surface area contributed by atoms with Crippen molar-refractivity contribution in [1.29, 1.82) is 10.5 Å². The molecule has 2 rings (SSSR count). The molecule has 1 amide bonds. The fourth-order valence-electron chi connectivity index (χ4n) is 2.87. The van der Waals surface area contributed by atoms with Crippen molar-refractivity contribution in [2.45, 2.75) is 40.3 Å². The fourth-order valence-corrected chi connectivity index (χ4v) is 2.87. The molecule has 1 aromatic carbocycles. The number of hydrogen-bond acceptors (Lipinski definition) is 3. The summed E-state index contributed by atoms with van der Waals surface area (Å²) in [5.41, 5.74) is 4.47. The minimum Gasteiger partial charge on any atom is -0.349 e. The first-order valence-electron chi connectivity index (χ1n) is 8.56. The van der Waals surface area contributed by atoms with Gasteiger partial charge in [-0.05, 0) is 55.7 Å². The van der Waals surface area contributed by atoms with Gasteiger partial charge in [0.15, 0.2) is 0 Å². The minimum absolute atomic E-state index is 0.0678. The molecule has 26 heavy (non-hydrogen) atoms. The Bertz CT molecular complexity index is 922. The molecule has 0 saturated carbocycles. The molecule has 0 fully saturated rings. The van der Waals surface area contributed by atoms with Crippen LogP contribution in [0.5, 0.6) is 0 Å². The van der Waals surface area contributed by atoms with Gasteiger partial charge < -0.3 is 9.88 Å². The average Bonchev–Trinajstić information content (AvgIpc) is 2.92. The number of nitriles is 2. The van der Waals surface area contributed by atoms with Crippen LogP contribution in [0.15, 0.2) is 35.9 Å². The van der Waals surface area contributed by atoms with Gasteiger partial charge >= 0.3 is 0 Å². The van der Waals surface area contributed by atoms with Crippen LogP contribution in [0.1, 0.15) is 41.4 Å². The van der Waals surface area contributed by atoms with Gasteiger partial charge in [0.25, 0.3) is 5.91 Å². The topological polar surface area (TPSA) is 81.6 Å². The summed E-state index contributed by atoms with van der Waals surface area (Å²) >= 11 is 0. The summed E-state index contributed by atoms with van der Waals surface area (Å²) in [5.74, 6) is -0.421. The third-order valence-electron chi connectivity index (χ3n) is 4.23. The van der Waals surface area contributed by atoms with Gasteiger partial charge in [0.1, 0.15) is 11.6 Å². The number of rotatable bonds is 6. The van der Waals surface area contributed by atoms with Crippen molar-refractivity contribution in [2.75, 3.05) is 0 Å². The molecular weight excluding hydrogens is 324 g/mol. The Hall–Kier alpha value is -3.31. The molecule has 0 bridgehead atoms. The van der Waals surface area contributed by atoms with E-state index in [0.717, 1.165) is 35.5 Å². The largest absolute Gasteiger partial charge is 0.349 e. The molecule has 0 aliphatic carbocycles. The molecule has 1 N–H and O–H groups in total. The predicted octanol–water partition coefficient (Wildman–Crippen LogP) is 3.61. The van der Waals surface area contributed by atoms with E-state index in [1.807, 2.05) is 32.0 Å². The highest BCUT2D eigenvalue weighted by Crippen LogP contribution is 2.19. The first kappa shape index (κ1) is 19.0. The van der Waals surface area contributed by atoms with E-state index in [2.05, 4.69) is 22.9 Å². The highest BCUT2D eigenvalue weighted by Gasteiger charge is 2.12. The second-order valence-corrected chi connectivity index (χ2v) is 6.14. The molecule has 1 aromatic heterocycles. The van der Waals surface area contributed by atoms with E-state index in [1.54, 1.807) is 24.3 Å². The van der Waals surface area contributed by atoms with Crippen LogP contribution in [0, 0.1) is 36.5 Å². The van der Waals surface area contributed by atoms with Crippen LogP contribution in [0.2, 0.25) is 0 Å². The van der Waals surface area contributed by atoms with Gasteiger partial charge in [0.2, 0.25) is 0 Å². The number of amides is 1. The lowest BCUT2D eigenvalue weighted by molar-refractivity contribution is -0.117. The van der Waals surface area contributed by atoms with Crippen molar-refractivity contribution in [3.63, 3.8) is 0 Å². The maximum absolute atomic E-state index is 12.4. The molecule has 0 aliphatic rings. The van der Waals surface area contributed by atoms with Crippen LogP contribution in [0.4, 0.5) is 0 Å². The maximum Gasteiger partial charge on any atom is 0.262 e. The lowest BCUT2D eigenvalue weighted by Gasteiger charge is -2.07. The van der Waals surface area contributed by atoms with E-state index in [9.17, 15) is 10.1 Å². The Labute approximate surface area is 154 Å². The average molecular weight is 346 g/mol. The van der Waals surface area contributed by atoms with Crippen molar-refractivity contribution in [3.8, 4) is 12.1 Å². The van der Waals surface area contributed by atoms with Gasteiger partial charge in [0.05, 0.1) is 11.6 Å².